The lowest BCUT2D eigenvalue weighted by atomic mass is 10.1. The number of thiophene rings is 1. The van der Waals surface area contributed by atoms with Gasteiger partial charge in [-0.15, -0.1) is 11.3 Å². The van der Waals surface area contributed by atoms with Crippen molar-refractivity contribution in [1.82, 2.24) is 5.16 Å². The van der Waals surface area contributed by atoms with E-state index in [2.05, 4.69) is 10.5 Å². The minimum Gasteiger partial charge on any atom is -0.478 e. The van der Waals surface area contributed by atoms with E-state index in [9.17, 15) is 14.7 Å². The highest BCUT2D eigenvalue weighted by molar-refractivity contribution is 7.16. The van der Waals surface area contributed by atoms with Crippen LogP contribution in [0.5, 0.6) is 0 Å². The van der Waals surface area contributed by atoms with Crippen LogP contribution >= 0.6 is 11.3 Å². The molecule has 2 aromatic rings. The molecule has 1 aliphatic rings. The monoisotopic (exact) mass is 320 g/mol. The second-order valence-electron chi connectivity index (χ2n) is 5.34. The number of nitrogens with zero attached hydrogens (tertiary/aromatic N) is 1. The van der Waals surface area contributed by atoms with E-state index >= 15 is 0 Å². The Morgan fingerprint density at radius 1 is 1.50 bits per heavy atom. The standard InChI is InChI=1S/C15H16N2O4S/c1-3-9-7(2)22-14(12(9)15(19)20)16-13(18)11-6-10(17-21-11)8-4-5-8/h6,8H,3-5H2,1-2H3,(H,16,18)(H,19,20). The first-order valence-corrected chi connectivity index (χ1v) is 7.96. The van der Waals surface area contributed by atoms with Gasteiger partial charge in [0.05, 0.1) is 11.3 Å². The Morgan fingerprint density at radius 2 is 2.23 bits per heavy atom. The van der Waals surface area contributed by atoms with Crippen LogP contribution in [0.1, 0.15) is 62.7 Å². The molecule has 0 bridgehead atoms. The molecule has 7 heteroatoms. The Kier molecular flexibility index (Phi) is 3.74. The van der Waals surface area contributed by atoms with Crippen molar-refractivity contribution >= 4 is 28.2 Å². The Bertz CT molecular complexity index is 743. The summed E-state index contributed by atoms with van der Waals surface area (Å²) in [6.45, 7) is 3.75. The van der Waals surface area contributed by atoms with Crippen molar-refractivity contribution in [2.24, 2.45) is 0 Å². The second-order valence-corrected chi connectivity index (χ2v) is 6.57. The second kappa shape index (κ2) is 5.57. The van der Waals surface area contributed by atoms with Gasteiger partial charge >= 0.3 is 5.97 Å². The number of aromatic carboxylic acids is 1. The molecule has 3 rings (SSSR count). The van der Waals surface area contributed by atoms with Gasteiger partial charge < -0.3 is 14.9 Å². The molecule has 0 spiro atoms. The van der Waals surface area contributed by atoms with Gasteiger partial charge in [0.2, 0.25) is 5.76 Å². The summed E-state index contributed by atoms with van der Waals surface area (Å²) in [6.07, 6.45) is 2.75. The molecule has 0 saturated heterocycles. The fraction of sp³-hybridized carbons (Fsp3) is 0.400. The molecule has 2 aromatic heterocycles. The normalized spacial score (nSPS) is 14.1. The number of amides is 1. The van der Waals surface area contributed by atoms with E-state index in [1.54, 1.807) is 6.07 Å². The van der Waals surface area contributed by atoms with Crippen molar-refractivity contribution in [3.05, 3.63) is 33.5 Å². The molecule has 22 heavy (non-hydrogen) atoms. The summed E-state index contributed by atoms with van der Waals surface area (Å²) in [5.41, 5.74) is 1.71. The van der Waals surface area contributed by atoms with Crippen molar-refractivity contribution in [3.8, 4) is 0 Å². The number of carboxylic acids is 1. The maximum atomic E-state index is 12.2. The number of carbonyl (C=O) groups excluding carboxylic acids is 1. The number of nitrogens with one attached hydrogen (secondary N) is 1. The molecule has 2 heterocycles. The first-order valence-electron chi connectivity index (χ1n) is 7.14. The Balaban J connectivity index is 1.85. The lowest BCUT2D eigenvalue weighted by Crippen LogP contribution is -2.13. The smallest absolute Gasteiger partial charge is 0.339 e. The first kappa shape index (κ1) is 14.8. The van der Waals surface area contributed by atoms with Crippen LogP contribution in [-0.2, 0) is 6.42 Å². The van der Waals surface area contributed by atoms with Gasteiger partial charge in [-0.2, -0.15) is 0 Å². The van der Waals surface area contributed by atoms with Crippen LogP contribution in [0.15, 0.2) is 10.6 Å². The Morgan fingerprint density at radius 3 is 2.82 bits per heavy atom. The maximum Gasteiger partial charge on any atom is 0.339 e. The van der Waals surface area contributed by atoms with E-state index in [1.165, 1.54) is 11.3 Å². The van der Waals surface area contributed by atoms with Crippen molar-refractivity contribution in [1.29, 1.82) is 0 Å². The summed E-state index contributed by atoms with van der Waals surface area (Å²) >= 11 is 1.27. The van der Waals surface area contributed by atoms with Crippen LogP contribution in [0.3, 0.4) is 0 Å². The minimum absolute atomic E-state index is 0.113. The van der Waals surface area contributed by atoms with Crippen LogP contribution in [0.2, 0.25) is 0 Å². The zero-order valence-corrected chi connectivity index (χ0v) is 13.1. The zero-order chi connectivity index (χ0) is 15.9. The number of hydrogen-bond acceptors (Lipinski definition) is 5. The molecule has 1 amide bonds. The van der Waals surface area contributed by atoms with Crippen LogP contribution in [0, 0.1) is 6.92 Å². The first-order chi connectivity index (χ1) is 10.5. The zero-order valence-electron chi connectivity index (χ0n) is 12.3. The van der Waals surface area contributed by atoms with Gasteiger partial charge in [-0.3, -0.25) is 4.79 Å². The van der Waals surface area contributed by atoms with Crippen molar-refractivity contribution in [3.63, 3.8) is 0 Å². The Labute approximate surface area is 131 Å². The summed E-state index contributed by atoms with van der Waals surface area (Å²) in [6, 6.07) is 1.63. The van der Waals surface area contributed by atoms with Gasteiger partial charge in [0, 0.05) is 16.9 Å². The molecule has 6 nitrogen and oxygen atoms in total. The highest BCUT2D eigenvalue weighted by Crippen LogP contribution is 2.39. The van der Waals surface area contributed by atoms with Gasteiger partial charge in [0.25, 0.3) is 5.91 Å². The predicted molar refractivity (Wildman–Crippen MR) is 81.8 cm³/mol. The van der Waals surface area contributed by atoms with Gasteiger partial charge in [-0.05, 0) is 31.7 Å². The third kappa shape index (κ3) is 2.64. The number of anilines is 1. The number of carboxylic acid groups (broad SMARTS) is 1. The quantitative estimate of drug-likeness (QED) is 0.880. The summed E-state index contributed by atoms with van der Waals surface area (Å²) in [5, 5.41) is 16.3. The van der Waals surface area contributed by atoms with E-state index in [4.69, 9.17) is 4.52 Å². The van der Waals surface area contributed by atoms with Crippen LogP contribution in [0.4, 0.5) is 5.00 Å². The number of aromatic nitrogens is 1. The molecule has 2 N–H and O–H groups in total. The van der Waals surface area contributed by atoms with E-state index < -0.39 is 11.9 Å². The largest absolute Gasteiger partial charge is 0.478 e. The van der Waals surface area contributed by atoms with E-state index in [0.717, 1.165) is 29.0 Å². The molecule has 116 valence electrons. The number of hydrogen-bond donors (Lipinski definition) is 2. The highest BCUT2D eigenvalue weighted by atomic mass is 32.1. The minimum atomic E-state index is -1.03. The van der Waals surface area contributed by atoms with Crippen molar-refractivity contribution in [2.45, 2.75) is 39.0 Å². The average molecular weight is 320 g/mol. The summed E-state index contributed by atoms with van der Waals surface area (Å²) in [7, 11) is 0. The van der Waals surface area contributed by atoms with Crippen molar-refractivity contribution < 1.29 is 19.2 Å². The molecular weight excluding hydrogens is 304 g/mol. The summed E-state index contributed by atoms with van der Waals surface area (Å²) < 4.78 is 5.06. The van der Waals surface area contributed by atoms with Gasteiger partial charge in [0.1, 0.15) is 5.00 Å². The molecule has 0 radical (unpaired) electrons. The third-order valence-corrected chi connectivity index (χ3v) is 4.81. The molecular formula is C15H16N2O4S. The maximum absolute atomic E-state index is 12.2. The molecule has 1 saturated carbocycles. The van der Waals surface area contributed by atoms with Gasteiger partial charge in [-0.1, -0.05) is 12.1 Å². The number of aryl methyl sites for hydroxylation is 1. The molecule has 0 atom stereocenters. The summed E-state index contributed by atoms with van der Waals surface area (Å²) in [4.78, 5) is 24.6. The van der Waals surface area contributed by atoms with E-state index in [0.29, 0.717) is 17.3 Å². The highest BCUT2D eigenvalue weighted by Gasteiger charge is 2.29. The van der Waals surface area contributed by atoms with Gasteiger partial charge in [-0.25, -0.2) is 4.79 Å². The third-order valence-electron chi connectivity index (χ3n) is 3.75. The van der Waals surface area contributed by atoms with E-state index in [1.807, 2.05) is 13.8 Å². The SMILES string of the molecule is CCc1c(C)sc(NC(=O)c2cc(C3CC3)no2)c1C(=O)O. The average Bonchev–Trinajstić information content (AvgIpc) is 3.10. The predicted octanol–water partition coefficient (Wildman–Crippen LogP) is 3.43. The summed E-state index contributed by atoms with van der Waals surface area (Å²) in [5.74, 6) is -0.989. The van der Waals surface area contributed by atoms with Crippen molar-refractivity contribution in [2.75, 3.05) is 5.32 Å². The van der Waals surface area contributed by atoms with Crippen LogP contribution in [-0.4, -0.2) is 22.1 Å². The molecule has 0 unspecified atom stereocenters. The molecule has 1 aliphatic carbocycles. The Hall–Kier alpha value is -2.15. The van der Waals surface area contributed by atoms with Crippen LogP contribution < -0.4 is 5.32 Å². The number of carbonyl (C=O) groups is 2. The number of rotatable bonds is 5. The van der Waals surface area contributed by atoms with Gasteiger partial charge in [0.15, 0.2) is 0 Å². The van der Waals surface area contributed by atoms with E-state index in [-0.39, 0.29) is 11.3 Å². The van der Waals surface area contributed by atoms with Crippen LogP contribution in [0.25, 0.3) is 0 Å². The fourth-order valence-electron chi connectivity index (χ4n) is 2.45. The lowest BCUT2D eigenvalue weighted by Gasteiger charge is -2.02. The topological polar surface area (TPSA) is 92.4 Å². The molecule has 0 aliphatic heterocycles. The molecule has 0 aromatic carbocycles. The molecule has 1 fully saturated rings. The fourth-order valence-corrected chi connectivity index (χ4v) is 3.58. The lowest BCUT2D eigenvalue weighted by molar-refractivity contribution is 0.0697.